The van der Waals surface area contributed by atoms with Crippen LogP contribution in [0.1, 0.15) is 56.3 Å². The highest BCUT2D eigenvalue weighted by molar-refractivity contribution is 5.95. The van der Waals surface area contributed by atoms with Crippen molar-refractivity contribution >= 4 is 12.0 Å². The van der Waals surface area contributed by atoms with Crippen LogP contribution in [-0.4, -0.2) is 25.2 Å². The summed E-state index contributed by atoms with van der Waals surface area (Å²) >= 11 is 0. The van der Waals surface area contributed by atoms with Crippen molar-refractivity contribution in [2.24, 2.45) is 0 Å². The Labute approximate surface area is 195 Å². The molecule has 0 spiro atoms. The van der Waals surface area contributed by atoms with Gasteiger partial charge in [0.05, 0.1) is 24.8 Å². The summed E-state index contributed by atoms with van der Waals surface area (Å²) in [6.45, 7) is 7.91. The third kappa shape index (κ3) is 5.86. The van der Waals surface area contributed by atoms with Crippen LogP contribution in [0.5, 0.6) is 11.5 Å². The van der Waals surface area contributed by atoms with E-state index in [1.807, 2.05) is 50.2 Å². The zero-order valence-corrected chi connectivity index (χ0v) is 19.9. The molecule has 0 radical (unpaired) electrons. The van der Waals surface area contributed by atoms with Crippen LogP contribution in [-0.2, 0) is 16.1 Å². The second-order valence-electron chi connectivity index (χ2n) is 8.28. The minimum Gasteiger partial charge on any atom is -0.493 e. The third-order valence-electron chi connectivity index (χ3n) is 5.22. The van der Waals surface area contributed by atoms with Crippen LogP contribution < -0.4 is 20.1 Å². The van der Waals surface area contributed by atoms with Crippen molar-refractivity contribution in [3.05, 3.63) is 70.4 Å². The van der Waals surface area contributed by atoms with Crippen LogP contribution in [0.15, 0.2) is 53.7 Å². The number of ether oxygens (including phenoxy) is 3. The maximum absolute atomic E-state index is 13.1. The lowest BCUT2D eigenvalue weighted by Crippen LogP contribution is -2.46. The minimum atomic E-state index is -0.742. The SMILES string of the molecule is CCCC1=C(C(=O)OC(C)C)C(c2cccc(OC)c2OCc2cccc(C)c2)NC(=O)N1. The molecule has 2 amide bonds. The predicted molar refractivity (Wildman–Crippen MR) is 126 cm³/mol. The number of aryl methyl sites for hydroxylation is 1. The number of carbonyl (C=O) groups is 2. The predicted octanol–water partition coefficient (Wildman–Crippen LogP) is 4.94. The van der Waals surface area contributed by atoms with E-state index < -0.39 is 12.0 Å². The van der Waals surface area contributed by atoms with Crippen LogP contribution >= 0.6 is 0 Å². The topological polar surface area (TPSA) is 85.9 Å². The van der Waals surface area contributed by atoms with E-state index in [4.69, 9.17) is 14.2 Å². The van der Waals surface area contributed by atoms with Gasteiger partial charge in [-0.3, -0.25) is 0 Å². The first kappa shape index (κ1) is 24.2. The lowest BCUT2D eigenvalue weighted by molar-refractivity contribution is -0.143. The van der Waals surface area contributed by atoms with E-state index in [0.29, 0.717) is 41.4 Å². The Morgan fingerprint density at radius 1 is 1.15 bits per heavy atom. The Hall–Kier alpha value is -3.48. The standard InChI is InChI=1S/C26H32N2O5/c1-6-9-20-22(25(29)33-16(2)3)23(28-26(30)27-20)19-12-8-13-21(31-5)24(19)32-15-18-11-7-10-17(4)14-18/h7-8,10-14,16,23H,6,9,15H2,1-5H3,(H2,27,28,30). The average molecular weight is 453 g/mol. The molecule has 1 heterocycles. The Morgan fingerprint density at radius 2 is 1.91 bits per heavy atom. The second kappa shape index (κ2) is 10.9. The fourth-order valence-corrected chi connectivity index (χ4v) is 3.85. The van der Waals surface area contributed by atoms with Crippen molar-refractivity contribution in [3.8, 4) is 11.5 Å². The fourth-order valence-electron chi connectivity index (χ4n) is 3.85. The number of methoxy groups -OCH3 is 1. The highest BCUT2D eigenvalue weighted by atomic mass is 16.5. The summed E-state index contributed by atoms with van der Waals surface area (Å²) in [4.78, 5) is 25.6. The van der Waals surface area contributed by atoms with Gasteiger partial charge in [-0.15, -0.1) is 0 Å². The van der Waals surface area contributed by atoms with E-state index in [1.54, 1.807) is 27.0 Å². The van der Waals surface area contributed by atoms with E-state index in [9.17, 15) is 9.59 Å². The molecule has 2 aromatic rings. The summed E-state index contributed by atoms with van der Waals surface area (Å²) in [7, 11) is 1.56. The Kier molecular flexibility index (Phi) is 7.98. The third-order valence-corrected chi connectivity index (χ3v) is 5.22. The van der Waals surface area contributed by atoms with Crippen LogP contribution in [0, 0.1) is 6.92 Å². The van der Waals surface area contributed by atoms with Crippen LogP contribution in [0.2, 0.25) is 0 Å². The van der Waals surface area contributed by atoms with E-state index in [1.165, 1.54) is 0 Å². The smallest absolute Gasteiger partial charge is 0.338 e. The van der Waals surface area contributed by atoms with Gasteiger partial charge in [-0.05, 0) is 38.8 Å². The second-order valence-corrected chi connectivity index (χ2v) is 8.28. The molecule has 0 saturated carbocycles. The number of esters is 1. The van der Waals surface area contributed by atoms with Gasteiger partial charge in [0.15, 0.2) is 11.5 Å². The number of urea groups is 1. The van der Waals surface area contributed by atoms with Crippen LogP contribution in [0.25, 0.3) is 0 Å². The summed E-state index contributed by atoms with van der Waals surface area (Å²) in [6, 6.07) is 12.3. The number of para-hydroxylation sites is 1. The lowest BCUT2D eigenvalue weighted by atomic mass is 9.92. The summed E-state index contributed by atoms with van der Waals surface area (Å²) < 4.78 is 17.3. The molecule has 0 fully saturated rings. The molecule has 0 bridgehead atoms. The number of hydrogen-bond acceptors (Lipinski definition) is 5. The molecule has 7 heteroatoms. The highest BCUT2D eigenvalue weighted by Crippen LogP contribution is 2.40. The molecule has 0 saturated heterocycles. The number of rotatable bonds is 9. The first-order valence-electron chi connectivity index (χ1n) is 11.2. The first-order chi connectivity index (χ1) is 15.8. The van der Waals surface area contributed by atoms with Crippen molar-refractivity contribution in [1.29, 1.82) is 0 Å². The van der Waals surface area contributed by atoms with E-state index in [0.717, 1.165) is 17.5 Å². The van der Waals surface area contributed by atoms with Gasteiger partial charge in [0.2, 0.25) is 0 Å². The largest absolute Gasteiger partial charge is 0.493 e. The van der Waals surface area contributed by atoms with Crippen molar-refractivity contribution in [3.63, 3.8) is 0 Å². The molecule has 1 unspecified atom stereocenters. The highest BCUT2D eigenvalue weighted by Gasteiger charge is 2.36. The monoisotopic (exact) mass is 452 g/mol. The zero-order chi connectivity index (χ0) is 24.0. The molecular formula is C26H32N2O5. The number of carbonyl (C=O) groups excluding carboxylic acids is 2. The minimum absolute atomic E-state index is 0.298. The molecule has 33 heavy (non-hydrogen) atoms. The molecular weight excluding hydrogens is 420 g/mol. The van der Waals surface area contributed by atoms with Gasteiger partial charge >= 0.3 is 12.0 Å². The Bertz CT molecular complexity index is 1040. The molecule has 1 atom stereocenters. The van der Waals surface area contributed by atoms with Crippen LogP contribution in [0.3, 0.4) is 0 Å². The van der Waals surface area contributed by atoms with E-state index >= 15 is 0 Å². The molecule has 3 rings (SSSR count). The maximum atomic E-state index is 13.1. The number of amides is 2. The van der Waals surface area contributed by atoms with E-state index in [2.05, 4.69) is 10.6 Å². The molecule has 1 aliphatic heterocycles. The number of nitrogens with one attached hydrogen (secondary N) is 2. The number of benzene rings is 2. The quantitative estimate of drug-likeness (QED) is 0.526. The summed E-state index contributed by atoms with van der Waals surface area (Å²) in [5.74, 6) is 0.513. The normalized spacial score (nSPS) is 15.7. The van der Waals surface area contributed by atoms with Gasteiger partial charge in [0.1, 0.15) is 6.61 Å². The Morgan fingerprint density at radius 3 is 2.58 bits per heavy atom. The molecule has 0 aliphatic carbocycles. The molecule has 2 N–H and O–H groups in total. The van der Waals surface area contributed by atoms with Crippen molar-refractivity contribution in [1.82, 2.24) is 10.6 Å². The average Bonchev–Trinajstić information content (AvgIpc) is 2.76. The van der Waals surface area contributed by atoms with Crippen LogP contribution in [0.4, 0.5) is 4.79 Å². The first-order valence-corrected chi connectivity index (χ1v) is 11.2. The van der Waals surface area contributed by atoms with Gasteiger partial charge in [-0.1, -0.05) is 55.3 Å². The molecule has 1 aliphatic rings. The van der Waals surface area contributed by atoms with Gasteiger partial charge < -0.3 is 24.8 Å². The van der Waals surface area contributed by atoms with Gasteiger partial charge in [-0.25, -0.2) is 9.59 Å². The number of hydrogen-bond donors (Lipinski definition) is 2. The summed E-state index contributed by atoms with van der Waals surface area (Å²) in [6.07, 6.45) is 0.999. The lowest BCUT2D eigenvalue weighted by Gasteiger charge is -2.31. The van der Waals surface area contributed by atoms with E-state index in [-0.39, 0.29) is 12.1 Å². The van der Waals surface area contributed by atoms with Gasteiger partial charge in [0.25, 0.3) is 0 Å². The fraction of sp³-hybridized carbons (Fsp3) is 0.385. The van der Waals surface area contributed by atoms with Crippen molar-refractivity contribution < 1.29 is 23.8 Å². The number of allylic oxidation sites excluding steroid dienone is 1. The molecule has 0 aromatic heterocycles. The molecule has 7 nitrogen and oxygen atoms in total. The van der Waals surface area contributed by atoms with Crippen molar-refractivity contribution in [2.45, 2.75) is 59.3 Å². The van der Waals surface area contributed by atoms with Crippen molar-refractivity contribution in [2.75, 3.05) is 7.11 Å². The van der Waals surface area contributed by atoms with Gasteiger partial charge in [0, 0.05) is 11.3 Å². The Balaban J connectivity index is 2.07. The summed E-state index contributed by atoms with van der Waals surface area (Å²) in [5.41, 5.74) is 3.69. The van der Waals surface area contributed by atoms with Gasteiger partial charge in [-0.2, -0.15) is 0 Å². The molecule has 176 valence electrons. The summed E-state index contributed by atoms with van der Waals surface area (Å²) in [5, 5.41) is 5.67. The zero-order valence-electron chi connectivity index (χ0n) is 19.9. The maximum Gasteiger partial charge on any atom is 0.338 e. The molecule has 2 aromatic carbocycles.